The molecule has 0 radical (unpaired) electrons. The topological polar surface area (TPSA) is 46.6 Å². The Morgan fingerprint density at radius 2 is 1.73 bits per heavy atom. The normalized spacial score (nSPS) is 10.5. The number of hydrogen-bond acceptors (Lipinski definition) is 3. The molecular weight excluding hydrogens is 326 g/mol. The number of rotatable bonds is 5. The van der Waals surface area contributed by atoms with Gasteiger partial charge in [-0.3, -0.25) is 14.5 Å². The Kier molecular flexibility index (Phi) is 5.32. The fraction of sp³-hybridized carbons (Fsp3) is 0.182. The molecule has 0 fully saturated rings. The summed E-state index contributed by atoms with van der Waals surface area (Å²) in [5, 5.41) is 2.18. The molecule has 0 aliphatic rings. The van der Waals surface area contributed by atoms with Crippen LogP contribution in [-0.4, -0.2) is 30.4 Å². The third-order valence-corrected chi connectivity index (χ3v) is 4.43. The Hall–Kier alpha value is -3.14. The number of nitrogens with zero attached hydrogens (tertiary/aromatic N) is 1. The molecule has 2 amide bonds. The lowest BCUT2D eigenvalue weighted by molar-refractivity contribution is -0.126. The first-order valence-corrected chi connectivity index (χ1v) is 8.53. The zero-order chi connectivity index (χ0) is 18.5. The maximum absolute atomic E-state index is 12.7. The third-order valence-electron chi connectivity index (χ3n) is 4.43. The quantitative estimate of drug-likeness (QED) is 0.699. The van der Waals surface area contributed by atoms with Crippen LogP contribution in [0.25, 0.3) is 10.8 Å². The van der Waals surface area contributed by atoms with Gasteiger partial charge in [-0.15, -0.1) is 0 Å². The molecule has 0 aliphatic carbocycles. The number of benzene rings is 3. The van der Waals surface area contributed by atoms with Crippen molar-refractivity contribution in [2.45, 2.75) is 13.3 Å². The van der Waals surface area contributed by atoms with Crippen molar-refractivity contribution in [3.05, 3.63) is 77.9 Å². The van der Waals surface area contributed by atoms with E-state index in [1.165, 1.54) is 11.8 Å². The van der Waals surface area contributed by atoms with E-state index in [0.29, 0.717) is 18.5 Å². The molecule has 0 spiro atoms. The number of imide groups is 1. The monoisotopic (exact) mass is 347 g/mol. The van der Waals surface area contributed by atoms with Crippen molar-refractivity contribution in [1.82, 2.24) is 4.90 Å². The van der Waals surface area contributed by atoms with Crippen LogP contribution in [0.2, 0.25) is 0 Å². The SMILES string of the molecule is COc1ccc2cccc(CCN(C(C)=O)C(=O)c3ccccc3)c2c1. The van der Waals surface area contributed by atoms with Gasteiger partial charge in [0.05, 0.1) is 7.11 Å². The Bertz CT molecular complexity index is 935. The fourth-order valence-electron chi connectivity index (χ4n) is 3.03. The number of methoxy groups -OCH3 is 1. The van der Waals surface area contributed by atoms with Gasteiger partial charge in [0.25, 0.3) is 5.91 Å². The molecule has 3 aromatic carbocycles. The van der Waals surface area contributed by atoms with Gasteiger partial charge in [0, 0.05) is 19.0 Å². The molecule has 0 atom stereocenters. The summed E-state index contributed by atoms with van der Waals surface area (Å²) >= 11 is 0. The number of carbonyl (C=O) groups excluding carboxylic acids is 2. The first-order chi connectivity index (χ1) is 12.6. The highest BCUT2D eigenvalue weighted by Crippen LogP contribution is 2.24. The molecule has 4 nitrogen and oxygen atoms in total. The van der Waals surface area contributed by atoms with Gasteiger partial charge in [-0.05, 0) is 47.0 Å². The van der Waals surface area contributed by atoms with Crippen molar-refractivity contribution in [3.8, 4) is 5.75 Å². The molecule has 0 N–H and O–H groups in total. The summed E-state index contributed by atoms with van der Waals surface area (Å²) < 4.78 is 5.32. The van der Waals surface area contributed by atoms with E-state index in [1.54, 1.807) is 31.4 Å². The van der Waals surface area contributed by atoms with Crippen LogP contribution in [0, 0.1) is 0 Å². The molecule has 4 heteroatoms. The first kappa shape index (κ1) is 17.7. The number of amides is 2. The fourth-order valence-corrected chi connectivity index (χ4v) is 3.03. The van der Waals surface area contributed by atoms with Gasteiger partial charge >= 0.3 is 0 Å². The first-order valence-electron chi connectivity index (χ1n) is 8.53. The lowest BCUT2D eigenvalue weighted by Gasteiger charge is -2.20. The van der Waals surface area contributed by atoms with Crippen molar-refractivity contribution in [1.29, 1.82) is 0 Å². The molecule has 0 bridgehead atoms. The van der Waals surface area contributed by atoms with Gasteiger partial charge in [-0.2, -0.15) is 0 Å². The van der Waals surface area contributed by atoms with Crippen LogP contribution < -0.4 is 4.74 Å². The third kappa shape index (κ3) is 3.75. The van der Waals surface area contributed by atoms with Crippen LogP contribution >= 0.6 is 0 Å². The van der Waals surface area contributed by atoms with Crippen LogP contribution in [0.1, 0.15) is 22.8 Å². The highest BCUT2D eigenvalue weighted by atomic mass is 16.5. The van der Waals surface area contributed by atoms with Gasteiger partial charge in [0.1, 0.15) is 5.75 Å². The molecule has 26 heavy (non-hydrogen) atoms. The van der Waals surface area contributed by atoms with Crippen LogP contribution in [0.15, 0.2) is 66.7 Å². The van der Waals surface area contributed by atoms with Gasteiger partial charge in [0.15, 0.2) is 0 Å². The smallest absolute Gasteiger partial charge is 0.260 e. The van der Waals surface area contributed by atoms with E-state index in [-0.39, 0.29) is 11.8 Å². The molecule has 0 saturated heterocycles. The Morgan fingerprint density at radius 1 is 0.962 bits per heavy atom. The minimum absolute atomic E-state index is 0.253. The van der Waals surface area contributed by atoms with Crippen LogP contribution in [0.4, 0.5) is 0 Å². The summed E-state index contributed by atoms with van der Waals surface area (Å²) in [7, 11) is 1.64. The van der Waals surface area contributed by atoms with Gasteiger partial charge in [0.2, 0.25) is 5.91 Å². The summed E-state index contributed by atoms with van der Waals surface area (Å²) in [5.74, 6) is 0.265. The average Bonchev–Trinajstić information content (AvgIpc) is 2.68. The van der Waals surface area contributed by atoms with Crippen molar-refractivity contribution in [3.63, 3.8) is 0 Å². The molecule has 0 aliphatic heterocycles. The van der Waals surface area contributed by atoms with E-state index >= 15 is 0 Å². The molecule has 3 rings (SSSR count). The standard InChI is InChI=1S/C22H21NO3/c1-16(24)23(22(25)19-7-4-3-5-8-19)14-13-18-10-6-9-17-11-12-20(26-2)15-21(17)18/h3-12,15H,13-14H2,1-2H3. The van der Waals surface area contributed by atoms with Gasteiger partial charge in [-0.1, -0.05) is 42.5 Å². The molecule has 0 heterocycles. The summed E-state index contributed by atoms with van der Waals surface area (Å²) in [6.45, 7) is 1.76. The minimum Gasteiger partial charge on any atom is -0.497 e. The molecule has 3 aromatic rings. The second-order valence-corrected chi connectivity index (χ2v) is 6.10. The second-order valence-electron chi connectivity index (χ2n) is 6.10. The maximum Gasteiger partial charge on any atom is 0.260 e. The highest BCUT2D eigenvalue weighted by Gasteiger charge is 2.19. The lowest BCUT2D eigenvalue weighted by atomic mass is 10.0. The Balaban J connectivity index is 1.85. The van der Waals surface area contributed by atoms with Gasteiger partial charge in [-0.25, -0.2) is 0 Å². The molecule has 0 aromatic heterocycles. The van der Waals surface area contributed by atoms with Crippen molar-refractivity contribution in [2.24, 2.45) is 0 Å². The largest absolute Gasteiger partial charge is 0.497 e. The number of hydrogen-bond donors (Lipinski definition) is 0. The summed E-state index contributed by atoms with van der Waals surface area (Å²) in [6, 6.07) is 20.8. The molecule has 0 saturated carbocycles. The zero-order valence-corrected chi connectivity index (χ0v) is 14.9. The van der Waals surface area contributed by atoms with Crippen molar-refractivity contribution >= 4 is 22.6 Å². The van der Waals surface area contributed by atoms with E-state index < -0.39 is 0 Å². The van der Waals surface area contributed by atoms with Gasteiger partial charge < -0.3 is 4.74 Å². The molecule has 0 unspecified atom stereocenters. The maximum atomic E-state index is 12.7. The van der Waals surface area contributed by atoms with Crippen LogP contribution in [-0.2, 0) is 11.2 Å². The minimum atomic E-state index is -0.268. The van der Waals surface area contributed by atoms with Crippen molar-refractivity contribution < 1.29 is 14.3 Å². The molecular formula is C22H21NO3. The summed E-state index contributed by atoms with van der Waals surface area (Å²) in [4.78, 5) is 26.0. The van der Waals surface area contributed by atoms with Crippen LogP contribution in [0.3, 0.4) is 0 Å². The van der Waals surface area contributed by atoms with E-state index in [1.807, 2.05) is 42.5 Å². The highest BCUT2D eigenvalue weighted by molar-refractivity contribution is 6.04. The number of fused-ring (bicyclic) bond motifs is 1. The number of ether oxygens (including phenoxy) is 1. The lowest BCUT2D eigenvalue weighted by Crippen LogP contribution is -2.36. The van der Waals surface area contributed by atoms with E-state index in [4.69, 9.17) is 4.74 Å². The van der Waals surface area contributed by atoms with Crippen molar-refractivity contribution in [2.75, 3.05) is 13.7 Å². The number of carbonyl (C=O) groups is 2. The Labute approximate surface area is 153 Å². The Morgan fingerprint density at radius 3 is 2.42 bits per heavy atom. The predicted molar refractivity (Wildman–Crippen MR) is 102 cm³/mol. The van der Waals surface area contributed by atoms with Crippen LogP contribution in [0.5, 0.6) is 5.75 Å². The summed E-state index contributed by atoms with van der Waals surface area (Å²) in [5.41, 5.74) is 1.59. The van der Waals surface area contributed by atoms with E-state index in [2.05, 4.69) is 0 Å². The van der Waals surface area contributed by atoms with E-state index in [0.717, 1.165) is 22.1 Å². The van der Waals surface area contributed by atoms with E-state index in [9.17, 15) is 9.59 Å². The zero-order valence-electron chi connectivity index (χ0n) is 14.9. The second kappa shape index (κ2) is 7.83. The predicted octanol–water partition coefficient (Wildman–Crippen LogP) is 4.08. The average molecular weight is 347 g/mol. The molecule has 132 valence electrons. The summed E-state index contributed by atoms with van der Waals surface area (Å²) in [6.07, 6.45) is 0.586.